The molecule has 0 aromatic heterocycles. The molecule has 4 N–H and O–H groups in total. The lowest BCUT2D eigenvalue weighted by molar-refractivity contribution is -0.176. The molecule has 2 fully saturated rings. The summed E-state index contributed by atoms with van der Waals surface area (Å²) in [4.78, 5) is 0. The summed E-state index contributed by atoms with van der Waals surface area (Å²) in [7, 11) is 0. The molecule has 8 heteroatoms. The summed E-state index contributed by atoms with van der Waals surface area (Å²) in [5.74, 6) is -2.49. The first-order valence-electron chi connectivity index (χ1n) is 6.68. The molecule has 20 heavy (non-hydrogen) atoms. The van der Waals surface area contributed by atoms with Gasteiger partial charge in [-0.2, -0.15) is 26.3 Å². The van der Waals surface area contributed by atoms with E-state index in [0.29, 0.717) is 25.7 Å². The van der Waals surface area contributed by atoms with Crippen LogP contribution >= 0.6 is 0 Å². The van der Waals surface area contributed by atoms with Crippen LogP contribution in [0.5, 0.6) is 0 Å². The third-order valence-electron chi connectivity index (χ3n) is 3.98. The van der Waals surface area contributed by atoms with E-state index in [1.54, 1.807) is 0 Å². The van der Waals surface area contributed by atoms with Crippen molar-refractivity contribution in [3.63, 3.8) is 0 Å². The van der Waals surface area contributed by atoms with E-state index in [2.05, 4.69) is 0 Å². The lowest BCUT2D eigenvalue weighted by Crippen LogP contribution is -2.35. The van der Waals surface area contributed by atoms with E-state index in [4.69, 9.17) is 11.5 Å². The third-order valence-corrected chi connectivity index (χ3v) is 3.98. The molecule has 4 atom stereocenters. The zero-order valence-electron chi connectivity index (χ0n) is 11.0. The second-order valence-electron chi connectivity index (χ2n) is 5.49. The maximum atomic E-state index is 11.9. The van der Waals surface area contributed by atoms with Gasteiger partial charge in [0.15, 0.2) is 0 Å². The molecular formula is C12H20F6N2. The molecule has 2 nitrogen and oxygen atoms in total. The fraction of sp³-hybridized carbons (Fsp3) is 1.00. The number of nitrogens with two attached hydrogens (primary N) is 2. The highest BCUT2D eigenvalue weighted by molar-refractivity contribution is 4.85. The predicted octanol–water partition coefficient (Wildman–Crippen LogP) is 3.35. The van der Waals surface area contributed by atoms with Crippen molar-refractivity contribution in [1.29, 1.82) is 0 Å². The molecule has 2 rings (SSSR count). The molecule has 0 heterocycles. The van der Waals surface area contributed by atoms with Crippen LogP contribution in [-0.2, 0) is 0 Å². The van der Waals surface area contributed by atoms with E-state index < -0.39 is 36.3 Å². The zero-order valence-corrected chi connectivity index (χ0v) is 11.0. The van der Waals surface area contributed by atoms with Gasteiger partial charge in [0.25, 0.3) is 0 Å². The highest BCUT2D eigenvalue weighted by Gasteiger charge is 2.46. The Morgan fingerprint density at radius 2 is 0.900 bits per heavy atom. The van der Waals surface area contributed by atoms with Gasteiger partial charge in [0.05, 0.1) is 11.8 Å². The molecule has 2 saturated carbocycles. The van der Waals surface area contributed by atoms with Crippen LogP contribution in [0.4, 0.5) is 26.3 Å². The van der Waals surface area contributed by atoms with E-state index >= 15 is 0 Å². The maximum Gasteiger partial charge on any atom is 0.393 e. The van der Waals surface area contributed by atoms with E-state index in [1.165, 1.54) is 0 Å². The first-order valence-corrected chi connectivity index (χ1v) is 6.68. The summed E-state index contributed by atoms with van der Waals surface area (Å²) in [6.07, 6.45) is -5.45. The minimum absolute atomic E-state index is 0.213. The quantitative estimate of drug-likeness (QED) is 0.674. The SMILES string of the molecule is NC1CCCC1C(F)(F)F.NC1CCCC1C(F)(F)F. The second-order valence-corrected chi connectivity index (χ2v) is 5.49. The van der Waals surface area contributed by atoms with E-state index in [0.717, 1.165) is 0 Å². The molecule has 0 bridgehead atoms. The van der Waals surface area contributed by atoms with Crippen LogP contribution in [0.15, 0.2) is 0 Å². The molecule has 2 aliphatic rings. The summed E-state index contributed by atoms with van der Waals surface area (Å²) >= 11 is 0. The lowest BCUT2D eigenvalue weighted by atomic mass is 10.0. The molecule has 0 radical (unpaired) electrons. The smallest absolute Gasteiger partial charge is 0.327 e. The summed E-state index contributed by atoms with van der Waals surface area (Å²) in [5.41, 5.74) is 10.5. The van der Waals surface area contributed by atoms with Gasteiger partial charge in [0, 0.05) is 12.1 Å². The van der Waals surface area contributed by atoms with Crippen molar-refractivity contribution in [2.24, 2.45) is 23.3 Å². The highest BCUT2D eigenvalue weighted by atomic mass is 19.4. The average Bonchev–Trinajstić information content (AvgIpc) is 2.85. The van der Waals surface area contributed by atoms with Crippen molar-refractivity contribution in [3.8, 4) is 0 Å². The molecule has 4 unspecified atom stereocenters. The molecule has 0 spiro atoms. The topological polar surface area (TPSA) is 52.0 Å². The minimum Gasteiger partial charge on any atom is -0.327 e. The van der Waals surface area contributed by atoms with Gasteiger partial charge in [-0.3, -0.25) is 0 Å². The van der Waals surface area contributed by atoms with Crippen LogP contribution in [-0.4, -0.2) is 24.4 Å². The summed E-state index contributed by atoms with van der Waals surface area (Å²) in [6.45, 7) is 0. The van der Waals surface area contributed by atoms with E-state index in [-0.39, 0.29) is 12.8 Å². The number of rotatable bonds is 0. The summed E-state index contributed by atoms with van der Waals surface area (Å²) < 4.78 is 71.6. The number of halogens is 6. The molecular weight excluding hydrogens is 286 g/mol. The monoisotopic (exact) mass is 306 g/mol. The van der Waals surface area contributed by atoms with Gasteiger partial charge in [0.2, 0.25) is 0 Å². The molecule has 0 aliphatic heterocycles. The van der Waals surface area contributed by atoms with Gasteiger partial charge >= 0.3 is 12.4 Å². The van der Waals surface area contributed by atoms with Gasteiger partial charge in [0.1, 0.15) is 0 Å². The van der Waals surface area contributed by atoms with Crippen molar-refractivity contribution in [1.82, 2.24) is 0 Å². The standard InChI is InChI=1S/2C6H10F3N/c2*7-6(8,9)4-2-1-3-5(4)10/h2*4-5H,1-3,10H2. The Kier molecular flexibility index (Phi) is 5.71. The van der Waals surface area contributed by atoms with Crippen LogP contribution in [0.1, 0.15) is 38.5 Å². The Morgan fingerprint density at radius 1 is 0.600 bits per heavy atom. The summed E-state index contributed by atoms with van der Waals surface area (Å²) in [5, 5.41) is 0. The highest BCUT2D eigenvalue weighted by Crippen LogP contribution is 2.38. The third kappa shape index (κ3) is 4.80. The molecule has 0 aromatic carbocycles. The first-order chi connectivity index (χ1) is 9.03. The van der Waals surface area contributed by atoms with Crippen LogP contribution in [0.25, 0.3) is 0 Å². The fourth-order valence-electron chi connectivity index (χ4n) is 2.79. The van der Waals surface area contributed by atoms with Gasteiger partial charge in [-0.15, -0.1) is 0 Å². The van der Waals surface area contributed by atoms with Crippen molar-refractivity contribution in [2.45, 2.75) is 63.0 Å². The molecule has 0 saturated heterocycles. The average molecular weight is 306 g/mol. The second kappa shape index (κ2) is 6.51. The van der Waals surface area contributed by atoms with Gasteiger partial charge in [-0.25, -0.2) is 0 Å². The predicted molar refractivity (Wildman–Crippen MR) is 62.7 cm³/mol. The minimum atomic E-state index is -4.07. The number of hydrogen-bond donors (Lipinski definition) is 2. The Hall–Kier alpha value is -0.500. The van der Waals surface area contributed by atoms with Crippen LogP contribution in [0.3, 0.4) is 0 Å². The van der Waals surface area contributed by atoms with Crippen molar-refractivity contribution in [2.75, 3.05) is 0 Å². The Morgan fingerprint density at radius 3 is 1.00 bits per heavy atom. The van der Waals surface area contributed by atoms with Gasteiger partial charge in [-0.05, 0) is 25.7 Å². The van der Waals surface area contributed by atoms with Gasteiger partial charge < -0.3 is 11.5 Å². The molecule has 120 valence electrons. The van der Waals surface area contributed by atoms with E-state index in [1.807, 2.05) is 0 Å². The first kappa shape index (κ1) is 17.6. The van der Waals surface area contributed by atoms with Crippen LogP contribution in [0.2, 0.25) is 0 Å². The fourth-order valence-corrected chi connectivity index (χ4v) is 2.79. The van der Waals surface area contributed by atoms with Crippen molar-refractivity contribution >= 4 is 0 Å². The normalized spacial score (nSPS) is 34.8. The Labute approximate surface area is 113 Å². The largest absolute Gasteiger partial charge is 0.393 e. The zero-order chi connectivity index (χ0) is 15.6. The van der Waals surface area contributed by atoms with Crippen molar-refractivity contribution < 1.29 is 26.3 Å². The summed E-state index contributed by atoms with van der Waals surface area (Å²) in [6, 6.07) is -1.31. The number of alkyl halides is 6. The van der Waals surface area contributed by atoms with Crippen molar-refractivity contribution in [3.05, 3.63) is 0 Å². The maximum absolute atomic E-state index is 11.9. The van der Waals surface area contributed by atoms with Crippen LogP contribution in [0, 0.1) is 11.8 Å². The van der Waals surface area contributed by atoms with Gasteiger partial charge in [-0.1, -0.05) is 12.8 Å². The molecule has 0 amide bonds. The van der Waals surface area contributed by atoms with Crippen LogP contribution < -0.4 is 11.5 Å². The molecule has 2 aliphatic carbocycles. The molecule has 0 aromatic rings. The lowest BCUT2D eigenvalue weighted by Gasteiger charge is -2.18. The number of hydrogen-bond acceptors (Lipinski definition) is 2. The van der Waals surface area contributed by atoms with E-state index in [9.17, 15) is 26.3 Å². The Balaban J connectivity index is 0.000000200. The Bertz CT molecular complexity index is 271.